The molecule has 0 amide bonds. The summed E-state index contributed by atoms with van der Waals surface area (Å²) in [4.78, 5) is 2.48. The highest BCUT2D eigenvalue weighted by molar-refractivity contribution is 5.67. The van der Waals surface area contributed by atoms with Crippen molar-refractivity contribution in [3.05, 3.63) is 100 Å². The van der Waals surface area contributed by atoms with Crippen LogP contribution in [0.1, 0.15) is 110 Å². The SMILES string of the molecule is C=CCc1c(CCCCCc2ccc3c(c2CCC)CC(C(=C)C)CC3)ccc(C(=C)N2CCCC2)c1CC. The Morgan fingerprint density at radius 2 is 1.59 bits per heavy atom. The molecule has 2 aromatic rings. The minimum atomic E-state index is 0.667. The summed E-state index contributed by atoms with van der Waals surface area (Å²) in [6, 6.07) is 9.68. The third kappa shape index (κ3) is 6.97. The first-order valence-corrected chi connectivity index (χ1v) is 15.9. The van der Waals surface area contributed by atoms with Crippen LogP contribution in [0.2, 0.25) is 0 Å². The normalized spacial score (nSPS) is 16.8. The van der Waals surface area contributed by atoms with Crippen LogP contribution in [0.4, 0.5) is 0 Å². The van der Waals surface area contributed by atoms with Gasteiger partial charge in [-0.15, -0.1) is 6.58 Å². The molecule has 0 spiro atoms. The summed E-state index contributed by atoms with van der Waals surface area (Å²) in [6.07, 6.45) is 19.0. The summed E-state index contributed by atoms with van der Waals surface area (Å²) in [6.45, 7) is 22.1. The van der Waals surface area contributed by atoms with Gasteiger partial charge in [0.2, 0.25) is 0 Å². The van der Waals surface area contributed by atoms with E-state index >= 15 is 0 Å². The molecule has 0 N–H and O–H groups in total. The highest BCUT2D eigenvalue weighted by atomic mass is 15.1. The molecule has 0 bridgehead atoms. The largest absolute Gasteiger partial charge is 0.372 e. The number of unbranched alkanes of at least 4 members (excludes halogenated alkanes) is 2. The van der Waals surface area contributed by atoms with E-state index in [4.69, 9.17) is 0 Å². The second-order valence-electron chi connectivity index (χ2n) is 12.2. The van der Waals surface area contributed by atoms with E-state index in [9.17, 15) is 0 Å². The Balaban J connectivity index is 1.40. The number of allylic oxidation sites excluding steroid dienone is 2. The number of benzene rings is 2. The zero-order chi connectivity index (χ0) is 27.8. The maximum Gasteiger partial charge on any atom is 0.0369 e. The molecule has 2 aliphatic rings. The van der Waals surface area contributed by atoms with Crippen molar-refractivity contribution in [2.45, 2.75) is 111 Å². The fraction of sp³-hybridized carbons (Fsp3) is 0.526. The maximum absolute atomic E-state index is 4.52. The van der Waals surface area contributed by atoms with Crippen LogP contribution in [0.3, 0.4) is 0 Å². The quantitative estimate of drug-likeness (QED) is 0.176. The van der Waals surface area contributed by atoms with Crippen molar-refractivity contribution in [3.63, 3.8) is 0 Å². The molecule has 39 heavy (non-hydrogen) atoms. The first kappa shape index (κ1) is 29.4. The minimum Gasteiger partial charge on any atom is -0.372 e. The molecule has 1 aliphatic heterocycles. The molecular formula is C38H53N. The van der Waals surface area contributed by atoms with Gasteiger partial charge in [0.25, 0.3) is 0 Å². The summed E-state index contributed by atoms with van der Waals surface area (Å²) in [5.41, 5.74) is 15.1. The van der Waals surface area contributed by atoms with Crippen molar-refractivity contribution in [1.29, 1.82) is 0 Å². The highest BCUT2D eigenvalue weighted by Crippen LogP contribution is 2.35. The van der Waals surface area contributed by atoms with Crippen LogP contribution >= 0.6 is 0 Å². The molecule has 1 saturated heterocycles. The molecule has 1 aliphatic carbocycles. The monoisotopic (exact) mass is 523 g/mol. The summed E-state index contributed by atoms with van der Waals surface area (Å²) < 4.78 is 0. The zero-order valence-electron chi connectivity index (χ0n) is 25.3. The summed E-state index contributed by atoms with van der Waals surface area (Å²) in [5.74, 6) is 0.667. The van der Waals surface area contributed by atoms with Gasteiger partial charge in [0.1, 0.15) is 0 Å². The molecule has 210 valence electrons. The second-order valence-corrected chi connectivity index (χ2v) is 12.2. The third-order valence-electron chi connectivity index (χ3n) is 9.46. The van der Waals surface area contributed by atoms with Crippen molar-refractivity contribution in [2.75, 3.05) is 13.1 Å². The van der Waals surface area contributed by atoms with E-state index in [-0.39, 0.29) is 0 Å². The molecule has 0 aromatic heterocycles. The first-order chi connectivity index (χ1) is 19.0. The Morgan fingerprint density at radius 1 is 0.897 bits per heavy atom. The predicted octanol–water partition coefficient (Wildman–Crippen LogP) is 9.63. The Morgan fingerprint density at radius 3 is 2.23 bits per heavy atom. The van der Waals surface area contributed by atoms with Crippen LogP contribution in [0, 0.1) is 5.92 Å². The number of nitrogens with zero attached hydrogens (tertiary/aromatic N) is 1. The Labute approximate surface area is 240 Å². The van der Waals surface area contributed by atoms with Gasteiger partial charge < -0.3 is 4.90 Å². The number of hydrogen-bond donors (Lipinski definition) is 0. The average molecular weight is 524 g/mol. The first-order valence-electron chi connectivity index (χ1n) is 15.9. The third-order valence-corrected chi connectivity index (χ3v) is 9.46. The van der Waals surface area contributed by atoms with E-state index in [1.807, 2.05) is 0 Å². The van der Waals surface area contributed by atoms with Gasteiger partial charge in [-0.2, -0.15) is 0 Å². The van der Waals surface area contributed by atoms with Crippen molar-refractivity contribution in [2.24, 2.45) is 5.92 Å². The van der Waals surface area contributed by atoms with Crippen LogP contribution in [0.15, 0.2) is 55.7 Å². The lowest BCUT2D eigenvalue weighted by atomic mass is 9.77. The van der Waals surface area contributed by atoms with Crippen LogP contribution < -0.4 is 0 Å². The molecular weight excluding hydrogens is 470 g/mol. The lowest BCUT2D eigenvalue weighted by Crippen LogP contribution is -2.18. The van der Waals surface area contributed by atoms with Crippen molar-refractivity contribution in [3.8, 4) is 0 Å². The van der Waals surface area contributed by atoms with Gasteiger partial charge in [0.15, 0.2) is 0 Å². The van der Waals surface area contributed by atoms with Crippen molar-refractivity contribution < 1.29 is 0 Å². The van der Waals surface area contributed by atoms with Crippen LogP contribution in [0.25, 0.3) is 5.70 Å². The lowest BCUT2D eigenvalue weighted by molar-refractivity contribution is 0.493. The van der Waals surface area contributed by atoms with Gasteiger partial charge in [-0.3, -0.25) is 0 Å². The van der Waals surface area contributed by atoms with E-state index in [1.165, 1.54) is 111 Å². The molecule has 1 heterocycles. The Kier molecular flexibility index (Phi) is 10.7. The molecule has 4 rings (SSSR count). The molecule has 1 nitrogen and oxygen atoms in total. The van der Waals surface area contributed by atoms with E-state index in [0.717, 1.165) is 25.9 Å². The van der Waals surface area contributed by atoms with Gasteiger partial charge in [0.05, 0.1) is 0 Å². The minimum absolute atomic E-state index is 0.667. The Hall–Kier alpha value is -2.54. The fourth-order valence-corrected chi connectivity index (χ4v) is 7.19. The summed E-state index contributed by atoms with van der Waals surface area (Å²) in [7, 11) is 0. The fourth-order valence-electron chi connectivity index (χ4n) is 7.19. The molecule has 1 unspecified atom stereocenters. The van der Waals surface area contributed by atoms with Crippen molar-refractivity contribution in [1.82, 2.24) is 4.90 Å². The van der Waals surface area contributed by atoms with E-state index in [1.54, 1.807) is 22.3 Å². The smallest absolute Gasteiger partial charge is 0.0369 e. The van der Waals surface area contributed by atoms with E-state index in [0.29, 0.717) is 5.92 Å². The molecule has 0 radical (unpaired) electrons. The number of aryl methyl sites for hydroxylation is 3. The number of likely N-dealkylation sites (tertiary alicyclic amines) is 1. The molecule has 1 atom stereocenters. The second kappa shape index (κ2) is 14.2. The van der Waals surface area contributed by atoms with Crippen LogP contribution in [-0.2, 0) is 44.9 Å². The number of hydrogen-bond acceptors (Lipinski definition) is 1. The van der Waals surface area contributed by atoms with Crippen molar-refractivity contribution >= 4 is 5.70 Å². The summed E-state index contributed by atoms with van der Waals surface area (Å²) in [5, 5.41) is 0. The summed E-state index contributed by atoms with van der Waals surface area (Å²) >= 11 is 0. The average Bonchev–Trinajstić information content (AvgIpc) is 3.49. The van der Waals surface area contributed by atoms with Gasteiger partial charge in [-0.25, -0.2) is 0 Å². The lowest BCUT2D eigenvalue weighted by Gasteiger charge is -2.28. The van der Waals surface area contributed by atoms with Gasteiger partial charge in [-0.05, 0) is 129 Å². The van der Waals surface area contributed by atoms with Crippen LogP contribution in [0.5, 0.6) is 0 Å². The zero-order valence-corrected chi connectivity index (χ0v) is 25.3. The van der Waals surface area contributed by atoms with Crippen LogP contribution in [-0.4, -0.2) is 18.0 Å². The topological polar surface area (TPSA) is 3.24 Å². The molecule has 1 fully saturated rings. The van der Waals surface area contributed by atoms with E-state index in [2.05, 4.69) is 75.7 Å². The molecule has 0 saturated carbocycles. The highest BCUT2D eigenvalue weighted by Gasteiger charge is 2.23. The number of rotatable bonds is 14. The Bertz CT molecular complexity index is 1160. The van der Waals surface area contributed by atoms with Gasteiger partial charge in [-0.1, -0.05) is 75.8 Å². The molecule has 1 heteroatoms. The van der Waals surface area contributed by atoms with E-state index < -0.39 is 0 Å². The standard InChI is InChI=1S/C38H53N/c1-7-15-36-31(23-24-35(34(36)9-3)29(6)39-25-13-14-26-39)18-12-10-11-17-30-19-20-32-21-22-33(28(4)5)27-38(32)37(30)16-8-2/h7,19-20,23-24,33H,1,4,6,8-18,21-22,25-27H2,2-3,5H3. The number of fused-ring (bicyclic) bond motifs is 1. The molecule has 2 aromatic carbocycles. The maximum atomic E-state index is 4.52. The van der Waals surface area contributed by atoms with Gasteiger partial charge in [0, 0.05) is 24.4 Å². The predicted molar refractivity (Wildman–Crippen MR) is 172 cm³/mol. The van der Waals surface area contributed by atoms with Gasteiger partial charge >= 0.3 is 0 Å².